The van der Waals surface area contributed by atoms with E-state index in [0.29, 0.717) is 40.5 Å². The molecule has 6 nitrogen and oxygen atoms in total. The Morgan fingerprint density at radius 1 is 0.906 bits per heavy atom. The van der Waals surface area contributed by atoms with Gasteiger partial charge in [0.05, 0.1) is 23.3 Å². The van der Waals surface area contributed by atoms with Gasteiger partial charge in [0.2, 0.25) is 5.91 Å². The first-order valence-corrected chi connectivity index (χ1v) is 11.4. The SMILES string of the molecule is O=C(CCOCc1cccc(Cl)c1)NC12CC(NC(=O)COc3ccc(Cl)c(Cl)c3)(C1)C2. The van der Waals surface area contributed by atoms with Crippen molar-refractivity contribution in [3.05, 3.63) is 63.1 Å². The second-order valence-electron chi connectivity index (χ2n) is 8.48. The summed E-state index contributed by atoms with van der Waals surface area (Å²) < 4.78 is 11.0. The Bertz CT molecular complexity index is 1010. The highest BCUT2D eigenvalue weighted by Crippen LogP contribution is 2.60. The Morgan fingerprint density at radius 2 is 1.62 bits per heavy atom. The lowest BCUT2D eigenvalue weighted by atomic mass is 9.44. The molecule has 170 valence electrons. The molecule has 2 aromatic carbocycles. The molecule has 3 aliphatic carbocycles. The smallest absolute Gasteiger partial charge is 0.258 e. The average molecular weight is 498 g/mol. The number of ether oxygens (including phenoxy) is 2. The number of carbonyl (C=O) groups is 2. The standard InChI is InChI=1S/C23H23Cl3N2O4/c24-16-3-1-2-15(8-16)10-31-7-6-20(29)27-22-12-23(13-22,14-22)28-21(30)11-32-17-4-5-18(25)19(26)9-17/h1-5,8-9H,6-7,10-14H2,(H,27,29)(H,28,30). The molecule has 5 rings (SSSR count). The molecule has 3 fully saturated rings. The molecule has 0 saturated heterocycles. The maximum absolute atomic E-state index is 12.2. The van der Waals surface area contributed by atoms with E-state index in [1.807, 2.05) is 18.2 Å². The molecular formula is C23H23Cl3N2O4. The first-order valence-electron chi connectivity index (χ1n) is 10.3. The fourth-order valence-electron chi connectivity index (χ4n) is 4.44. The van der Waals surface area contributed by atoms with E-state index in [4.69, 9.17) is 44.3 Å². The Kier molecular flexibility index (Phi) is 6.86. The molecule has 2 bridgehead atoms. The lowest BCUT2D eigenvalue weighted by Gasteiger charge is -2.70. The molecule has 9 heteroatoms. The highest BCUT2D eigenvalue weighted by molar-refractivity contribution is 6.42. The summed E-state index contributed by atoms with van der Waals surface area (Å²) in [5.74, 6) is 0.234. The third-order valence-corrected chi connectivity index (χ3v) is 6.71. The van der Waals surface area contributed by atoms with Crippen LogP contribution in [0.5, 0.6) is 5.75 Å². The molecule has 0 spiro atoms. The zero-order valence-electron chi connectivity index (χ0n) is 17.3. The Morgan fingerprint density at radius 3 is 2.31 bits per heavy atom. The lowest BCUT2D eigenvalue weighted by molar-refractivity contribution is -0.150. The van der Waals surface area contributed by atoms with Gasteiger partial charge in [-0.1, -0.05) is 46.9 Å². The van der Waals surface area contributed by atoms with Crippen LogP contribution in [0.15, 0.2) is 42.5 Å². The van der Waals surface area contributed by atoms with Gasteiger partial charge in [-0.15, -0.1) is 0 Å². The third kappa shape index (κ3) is 5.49. The van der Waals surface area contributed by atoms with Crippen LogP contribution in [-0.2, 0) is 20.9 Å². The van der Waals surface area contributed by atoms with Crippen molar-refractivity contribution in [1.29, 1.82) is 0 Å². The van der Waals surface area contributed by atoms with Gasteiger partial charge in [0.1, 0.15) is 5.75 Å². The number of rotatable bonds is 10. The maximum atomic E-state index is 12.2. The third-order valence-electron chi connectivity index (χ3n) is 5.73. The highest BCUT2D eigenvalue weighted by atomic mass is 35.5. The van der Waals surface area contributed by atoms with Crippen molar-refractivity contribution < 1.29 is 19.1 Å². The summed E-state index contributed by atoms with van der Waals surface area (Å²) in [5, 5.41) is 7.56. The predicted molar refractivity (Wildman–Crippen MR) is 123 cm³/mol. The molecule has 0 radical (unpaired) electrons. The van der Waals surface area contributed by atoms with Crippen molar-refractivity contribution in [1.82, 2.24) is 10.6 Å². The van der Waals surface area contributed by atoms with Gasteiger partial charge in [-0.25, -0.2) is 0 Å². The summed E-state index contributed by atoms with van der Waals surface area (Å²) in [6.07, 6.45) is 2.48. The van der Waals surface area contributed by atoms with Gasteiger partial charge in [0, 0.05) is 28.6 Å². The van der Waals surface area contributed by atoms with Crippen LogP contribution in [0.25, 0.3) is 0 Å². The molecule has 2 aromatic rings. The van der Waals surface area contributed by atoms with Crippen molar-refractivity contribution in [2.75, 3.05) is 13.2 Å². The second-order valence-corrected chi connectivity index (χ2v) is 9.74. The number of carbonyl (C=O) groups excluding carboxylic acids is 2. The summed E-state index contributed by atoms with van der Waals surface area (Å²) in [6.45, 7) is 0.643. The van der Waals surface area contributed by atoms with Crippen LogP contribution in [0.4, 0.5) is 0 Å². The molecule has 0 heterocycles. The molecule has 3 saturated carbocycles. The van der Waals surface area contributed by atoms with Crippen molar-refractivity contribution >= 4 is 46.6 Å². The minimum atomic E-state index is -0.242. The number of hydrogen-bond donors (Lipinski definition) is 2. The first kappa shape index (κ1) is 23.2. The van der Waals surface area contributed by atoms with Crippen molar-refractivity contribution in [3.63, 3.8) is 0 Å². The normalized spacial score (nSPS) is 23.0. The van der Waals surface area contributed by atoms with E-state index < -0.39 is 0 Å². The summed E-state index contributed by atoms with van der Waals surface area (Å²) >= 11 is 17.8. The molecule has 0 aliphatic heterocycles. The first-order chi connectivity index (χ1) is 15.3. The van der Waals surface area contributed by atoms with Gasteiger partial charge < -0.3 is 20.1 Å². The van der Waals surface area contributed by atoms with E-state index in [1.54, 1.807) is 24.3 Å². The Hall–Kier alpha value is -1.99. The number of hydrogen-bond acceptors (Lipinski definition) is 4. The van der Waals surface area contributed by atoms with Crippen LogP contribution in [0, 0.1) is 0 Å². The summed E-state index contributed by atoms with van der Waals surface area (Å²) in [4.78, 5) is 24.5. The highest BCUT2D eigenvalue weighted by Gasteiger charge is 2.69. The number of amides is 2. The molecule has 2 N–H and O–H groups in total. The zero-order chi connectivity index (χ0) is 22.8. The fraction of sp³-hybridized carbons (Fsp3) is 0.391. The minimum Gasteiger partial charge on any atom is -0.484 e. The van der Waals surface area contributed by atoms with Gasteiger partial charge in [0.25, 0.3) is 5.91 Å². The van der Waals surface area contributed by atoms with E-state index >= 15 is 0 Å². The van der Waals surface area contributed by atoms with Gasteiger partial charge in [-0.05, 0) is 49.1 Å². The van der Waals surface area contributed by atoms with Crippen molar-refractivity contribution in [2.45, 2.75) is 43.4 Å². The number of benzene rings is 2. The maximum Gasteiger partial charge on any atom is 0.258 e. The van der Waals surface area contributed by atoms with Crippen molar-refractivity contribution in [2.24, 2.45) is 0 Å². The van der Waals surface area contributed by atoms with Crippen LogP contribution in [0.1, 0.15) is 31.2 Å². The van der Waals surface area contributed by atoms with Crippen LogP contribution in [0.3, 0.4) is 0 Å². The Balaban J connectivity index is 1.11. The molecule has 0 aromatic heterocycles. The van der Waals surface area contributed by atoms with E-state index in [2.05, 4.69) is 10.6 Å². The predicted octanol–water partition coefficient (Wildman–Crippen LogP) is 4.54. The largest absolute Gasteiger partial charge is 0.484 e. The van der Waals surface area contributed by atoms with Gasteiger partial charge in [-0.3, -0.25) is 9.59 Å². The summed E-state index contributed by atoms with van der Waals surface area (Å²) in [5.41, 5.74) is 0.522. The zero-order valence-corrected chi connectivity index (χ0v) is 19.5. The topological polar surface area (TPSA) is 76.7 Å². The molecule has 32 heavy (non-hydrogen) atoms. The monoisotopic (exact) mass is 496 g/mol. The van der Waals surface area contributed by atoms with E-state index in [1.165, 1.54) is 0 Å². The molecular weight excluding hydrogens is 475 g/mol. The average Bonchev–Trinajstić information content (AvgIpc) is 2.70. The van der Waals surface area contributed by atoms with E-state index in [9.17, 15) is 9.59 Å². The minimum absolute atomic E-state index is 0.0429. The number of nitrogens with one attached hydrogen (secondary N) is 2. The Labute approximate surface area is 201 Å². The lowest BCUT2D eigenvalue weighted by Crippen LogP contribution is -2.84. The summed E-state index contributed by atoms with van der Waals surface area (Å²) in [7, 11) is 0. The molecule has 2 amide bonds. The number of halogens is 3. The van der Waals surface area contributed by atoms with Crippen LogP contribution in [-0.4, -0.2) is 36.1 Å². The fourth-order valence-corrected chi connectivity index (χ4v) is 4.94. The van der Waals surface area contributed by atoms with E-state index in [0.717, 1.165) is 24.8 Å². The quantitative estimate of drug-likeness (QED) is 0.473. The van der Waals surface area contributed by atoms with Gasteiger partial charge in [0.15, 0.2) is 6.61 Å². The molecule has 0 unspecified atom stereocenters. The van der Waals surface area contributed by atoms with Crippen LogP contribution < -0.4 is 15.4 Å². The van der Waals surface area contributed by atoms with Gasteiger partial charge >= 0.3 is 0 Å². The molecule has 3 aliphatic rings. The van der Waals surface area contributed by atoms with Crippen LogP contribution in [0.2, 0.25) is 15.1 Å². The second kappa shape index (κ2) is 9.48. The van der Waals surface area contributed by atoms with E-state index in [-0.39, 0.29) is 29.5 Å². The van der Waals surface area contributed by atoms with Crippen LogP contribution >= 0.6 is 34.8 Å². The molecule has 0 atom stereocenters. The van der Waals surface area contributed by atoms with Gasteiger partial charge in [-0.2, -0.15) is 0 Å². The summed E-state index contributed by atoms with van der Waals surface area (Å²) in [6, 6.07) is 12.3. The van der Waals surface area contributed by atoms with Crippen molar-refractivity contribution in [3.8, 4) is 5.75 Å².